The van der Waals surface area contributed by atoms with Gasteiger partial charge < -0.3 is 13.8 Å². The summed E-state index contributed by atoms with van der Waals surface area (Å²) in [6.07, 6.45) is 0. The summed E-state index contributed by atoms with van der Waals surface area (Å²) in [5.41, 5.74) is 0.317. The second-order valence-corrected chi connectivity index (χ2v) is 6.08. The highest BCUT2D eigenvalue weighted by atomic mass is 32.2. The van der Waals surface area contributed by atoms with Gasteiger partial charge in [-0.3, -0.25) is 0 Å². The van der Waals surface area contributed by atoms with E-state index in [4.69, 9.17) is 4.74 Å². The number of carbonyl (C=O) groups is 1. The highest BCUT2D eigenvalue weighted by Crippen LogP contribution is 2.00. The molecule has 17 heavy (non-hydrogen) atoms. The number of hydrogen-bond donors (Lipinski definition) is 0. The van der Waals surface area contributed by atoms with E-state index < -0.39 is 21.8 Å². The highest BCUT2D eigenvalue weighted by Gasteiger charge is 2.17. The average Bonchev–Trinajstić information content (AvgIpc) is 2.13. The molecule has 0 unspecified atom stereocenters. The summed E-state index contributed by atoms with van der Waals surface area (Å²) in [6.45, 7) is 5.78. The van der Waals surface area contributed by atoms with Crippen LogP contribution in [0.15, 0.2) is 12.2 Å². The van der Waals surface area contributed by atoms with Gasteiger partial charge in [0.2, 0.25) is 0 Å². The van der Waals surface area contributed by atoms with Gasteiger partial charge in [-0.25, -0.2) is 13.2 Å². The molecule has 0 aliphatic rings. The van der Waals surface area contributed by atoms with Crippen molar-refractivity contribution in [2.75, 3.05) is 39.5 Å². The summed E-state index contributed by atoms with van der Waals surface area (Å²) < 4.78 is 36.6. The van der Waals surface area contributed by atoms with Gasteiger partial charge >= 0.3 is 5.97 Å². The lowest BCUT2D eigenvalue weighted by molar-refractivity contribution is -0.888. The van der Waals surface area contributed by atoms with E-state index in [1.165, 1.54) is 0 Å². The fraction of sp³-hybridized carbons (Fsp3) is 0.700. The number of esters is 1. The molecule has 0 bridgehead atoms. The second kappa shape index (κ2) is 6.13. The first-order chi connectivity index (χ1) is 7.53. The molecule has 0 saturated carbocycles. The Morgan fingerprint density at radius 2 is 1.88 bits per heavy atom. The van der Waals surface area contributed by atoms with Gasteiger partial charge in [-0.2, -0.15) is 0 Å². The number of likely N-dealkylation sites (N-methyl/N-ethyl adjacent to an activating group) is 1. The van der Waals surface area contributed by atoms with E-state index >= 15 is 0 Å². The quantitative estimate of drug-likeness (QED) is 0.274. The molecule has 0 aromatic heterocycles. The monoisotopic (exact) mass is 265 g/mol. The molecule has 0 aromatic rings. The first kappa shape index (κ1) is 16.1. The number of rotatable bonds is 7. The SMILES string of the molecule is C=C(C)C(=O)OCC[N+](C)(C)CCS(=O)(=O)[O-]. The second-order valence-electron chi connectivity index (χ2n) is 4.56. The van der Waals surface area contributed by atoms with Gasteiger partial charge in [0, 0.05) is 5.57 Å². The van der Waals surface area contributed by atoms with Crippen molar-refractivity contribution >= 4 is 16.1 Å². The van der Waals surface area contributed by atoms with Crippen molar-refractivity contribution in [1.29, 1.82) is 0 Å². The van der Waals surface area contributed by atoms with Crippen LogP contribution < -0.4 is 0 Å². The van der Waals surface area contributed by atoms with Gasteiger partial charge in [-0.1, -0.05) is 6.58 Å². The molecule has 6 nitrogen and oxygen atoms in total. The minimum Gasteiger partial charge on any atom is -0.748 e. The van der Waals surface area contributed by atoms with Gasteiger partial charge in [-0.15, -0.1) is 0 Å². The van der Waals surface area contributed by atoms with Crippen LogP contribution in [-0.2, 0) is 19.6 Å². The summed E-state index contributed by atoms with van der Waals surface area (Å²) in [5.74, 6) is -0.893. The Morgan fingerprint density at radius 3 is 2.29 bits per heavy atom. The minimum atomic E-state index is -4.20. The van der Waals surface area contributed by atoms with Crippen molar-refractivity contribution in [2.24, 2.45) is 0 Å². The zero-order chi connectivity index (χ0) is 13.7. The Bertz CT molecular complexity index is 386. The van der Waals surface area contributed by atoms with Gasteiger partial charge in [0.05, 0.1) is 26.4 Å². The van der Waals surface area contributed by atoms with E-state index in [0.717, 1.165) is 0 Å². The third kappa shape index (κ3) is 8.84. The molecule has 0 radical (unpaired) electrons. The van der Waals surface area contributed by atoms with Crippen molar-refractivity contribution in [3.63, 3.8) is 0 Å². The number of ether oxygens (including phenoxy) is 1. The van der Waals surface area contributed by atoms with Crippen molar-refractivity contribution in [1.82, 2.24) is 0 Å². The van der Waals surface area contributed by atoms with Crippen LogP contribution >= 0.6 is 0 Å². The molecule has 0 saturated heterocycles. The van der Waals surface area contributed by atoms with Crippen LogP contribution in [0, 0.1) is 0 Å². The lowest BCUT2D eigenvalue weighted by Crippen LogP contribution is -2.45. The molecule has 0 atom stereocenters. The van der Waals surface area contributed by atoms with E-state index in [2.05, 4.69) is 6.58 Å². The van der Waals surface area contributed by atoms with E-state index in [0.29, 0.717) is 16.6 Å². The predicted octanol–water partition coefficient (Wildman–Crippen LogP) is -0.273. The van der Waals surface area contributed by atoms with Crippen molar-refractivity contribution < 1.29 is 27.0 Å². The van der Waals surface area contributed by atoms with Crippen LogP contribution in [0.1, 0.15) is 6.92 Å². The van der Waals surface area contributed by atoms with Gasteiger partial charge in [0.1, 0.15) is 23.3 Å². The molecule has 7 heteroatoms. The van der Waals surface area contributed by atoms with E-state index in [1.54, 1.807) is 21.0 Å². The van der Waals surface area contributed by atoms with Crippen LogP contribution in [0.3, 0.4) is 0 Å². The van der Waals surface area contributed by atoms with E-state index in [9.17, 15) is 17.8 Å². The standard InChI is InChI=1S/C10H19NO5S/c1-9(2)10(12)16-7-5-11(3,4)6-8-17(13,14)15/h1,5-8H2,2-4H3. The lowest BCUT2D eigenvalue weighted by atomic mass is 10.4. The first-order valence-corrected chi connectivity index (χ1v) is 6.69. The third-order valence-corrected chi connectivity index (χ3v) is 2.91. The van der Waals surface area contributed by atoms with Crippen LogP contribution in [0.5, 0.6) is 0 Å². The Kier molecular flexibility index (Phi) is 5.80. The van der Waals surface area contributed by atoms with Gasteiger partial charge in [0.15, 0.2) is 0 Å². The summed E-state index contributed by atoms with van der Waals surface area (Å²) in [7, 11) is -0.672. The average molecular weight is 265 g/mol. The maximum atomic E-state index is 11.1. The highest BCUT2D eigenvalue weighted by molar-refractivity contribution is 7.85. The molecule has 0 fully saturated rings. The van der Waals surface area contributed by atoms with Gasteiger partial charge in [-0.05, 0) is 6.92 Å². The zero-order valence-corrected chi connectivity index (χ0v) is 11.2. The topological polar surface area (TPSA) is 83.5 Å². The van der Waals surface area contributed by atoms with Crippen LogP contribution in [0.25, 0.3) is 0 Å². The minimum absolute atomic E-state index is 0.164. The summed E-state index contributed by atoms with van der Waals surface area (Å²) in [5, 5.41) is 0. The van der Waals surface area contributed by atoms with Crippen LogP contribution in [-0.4, -0.2) is 63.0 Å². The summed E-state index contributed by atoms with van der Waals surface area (Å²) in [4.78, 5) is 11.1. The van der Waals surface area contributed by atoms with Crippen molar-refractivity contribution in [3.8, 4) is 0 Å². The Morgan fingerprint density at radius 1 is 1.35 bits per heavy atom. The fourth-order valence-electron chi connectivity index (χ4n) is 0.979. The fourth-order valence-corrected chi connectivity index (χ4v) is 1.70. The normalized spacial score (nSPS) is 12.2. The summed E-state index contributed by atoms with van der Waals surface area (Å²) in [6, 6.07) is 0. The molecule has 0 aliphatic carbocycles. The number of quaternary nitrogens is 1. The van der Waals surface area contributed by atoms with Crippen molar-refractivity contribution in [3.05, 3.63) is 12.2 Å². The Balaban J connectivity index is 4.02. The Hall–Kier alpha value is -0.920. The maximum absolute atomic E-state index is 11.1. The molecule has 0 aliphatic heterocycles. The molecule has 0 aromatic carbocycles. The summed E-state index contributed by atoms with van der Waals surface area (Å²) >= 11 is 0. The van der Waals surface area contributed by atoms with Crippen LogP contribution in [0.4, 0.5) is 0 Å². The van der Waals surface area contributed by atoms with Crippen molar-refractivity contribution in [2.45, 2.75) is 6.92 Å². The maximum Gasteiger partial charge on any atom is 0.333 e. The van der Waals surface area contributed by atoms with E-state index in [-0.39, 0.29) is 13.2 Å². The van der Waals surface area contributed by atoms with Gasteiger partial charge in [0.25, 0.3) is 0 Å². The molecule has 100 valence electrons. The smallest absolute Gasteiger partial charge is 0.333 e. The Labute approximate surface area is 102 Å². The lowest BCUT2D eigenvalue weighted by Gasteiger charge is -2.29. The molecule has 0 spiro atoms. The first-order valence-electron chi connectivity index (χ1n) is 5.12. The molecule has 0 amide bonds. The number of nitrogens with zero attached hydrogens (tertiary/aromatic N) is 1. The van der Waals surface area contributed by atoms with E-state index in [1.807, 2.05) is 0 Å². The molecule has 0 N–H and O–H groups in total. The predicted molar refractivity (Wildman–Crippen MR) is 62.2 cm³/mol. The zero-order valence-electron chi connectivity index (χ0n) is 10.4. The van der Waals surface area contributed by atoms with Crippen LogP contribution in [0.2, 0.25) is 0 Å². The molecule has 0 heterocycles. The number of hydrogen-bond acceptors (Lipinski definition) is 5. The molecule has 0 rings (SSSR count). The number of carbonyl (C=O) groups excluding carboxylic acids is 1. The largest absolute Gasteiger partial charge is 0.748 e. The molecular formula is C10H19NO5S. The molecular weight excluding hydrogens is 246 g/mol. The third-order valence-electron chi connectivity index (χ3n) is 2.22.